The molecule has 0 aromatic rings. The van der Waals surface area contributed by atoms with Crippen LogP contribution < -0.4 is 0 Å². The van der Waals surface area contributed by atoms with Gasteiger partial charge in [0.2, 0.25) is 5.91 Å². The molecule has 2 rings (SSSR count). The highest BCUT2D eigenvalue weighted by Crippen LogP contribution is 2.26. The Balaban J connectivity index is 1.76. The zero-order chi connectivity index (χ0) is 14.4. The minimum atomic E-state index is 0.206. The number of hydrogen-bond donors (Lipinski definition) is 0. The van der Waals surface area contributed by atoms with Crippen LogP contribution in [0.25, 0.3) is 0 Å². The molecule has 0 saturated heterocycles. The standard InChI is InChI=1S/C17H31NO2/c1-3-18(15-9-5-4-6-10-15)17(19)13-20-16-11-7-8-14(2)12-16/h14-16H,3-13H2,1-2H3. The maximum Gasteiger partial charge on any atom is 0.248 e. The van der Waals surface area contributed by atoms with Crippen LogP contribution in [0.1, 0.15) is 71.6 Å². The summed E-state index contributed by atoms with van der Waals surface area (Å²) in [6, 6.07) is 0.468. The van der Waals surface area contributed by atoms with Crippen molar-refractivity contribution in [2.75, 3.05) is 13.2 Å². The highest BCUT2D eigenvalue weighted by molar-refractivity contribution is 5.77. The van der Waals surface area contributed by atoms with Gasteiger partial charge in [-0.25, -0.2) is 0 Å². The van der Waals surface area contributed by atoms with Crippen LogP contribution in [-0.4, -0.2) is 36.1 Å². The Kier molecular flexibility index (Phi) is 6.34. The van der Waals surface area contributed by atoms with Crippen molar-refractivity contribution in [2.24, 2.45) is 5.92 Å². The third kappa shape index (κ3) is 4.47. The summed E-state index contributed by atoms with van der Waals surface area (Å²) in [5.41, 5.74) is 0. The summed E-state index contributed by atoms with van der Waals surface area (Å²) in [4.78, 5) is 14.5. The normalized spacial score (nSPS) is 28.3. The van der Waals surface area contributed by atoms with E-state index in [0.29, 0.717) is 18.8 Å². The summed E-state index contributed by atoms with van der Waals surface area (Å²) >= 11 is 0. The molecule has 0 bridgehead atoms. The van der Waals surface area contributed by atoms with Gasteiger partial charge in [0.15, 0.2) is 0 Å². The molecule has 0 spiro atoms. The third-order valence-electron chi connectivity index (χ3n) is 5.01. The van der Waals surface area contributed by atoms with Crippen LogP contribution in [0, 0.1) is 5.92 Å². The van der Waals surface area contributed by atoms with Gasteiger partial charge in [-0.3, -0.25) is 4.79 Å². The van der Waals surface area contributed by atoms with Crippen LogP contribution >= 0.6 is 0 Å². The summed E-state index contributed by atoms with van der Waals surface area (Å²) in [7, 11) is 0. The molecule has 3 heteroatoms. The summed E-state index contributed by atoms with van der Waals surface area (Å²) < 4.78 is 5.90. The second-order valence-electron chi connectivity index (χ2n) is 6.68. The van der Waals surface area contributed by atoms with Crippen LogP contribution in [0.5, 0.6) is 0 Å². The van der Waals surface area contributed by atoms with Gasteiger partial charge >= 0.3 is 0 Å². The minimum absolute atomic E-state index is 0.206. The minimum Gasteiger partial charge on any atom is -0.368 e. The molecule has 3 nitrogen and oxygen atoms in total. The maximum atomic E-state index is 12.4. The first kappa shape index (κ1) is 15.8. The Labute approximate surface area is 124 Å². The van der Waals surface area contributed by atoms with Crippen LogP contribution in [0.15, 0.2) is 0 Å². The first-order valence-electron chi connectivity index (χ1n) is 8.61. The van der Waals surface area contributed by atoms with Gasteiger partial charge in [-0.1, -0.05) is 39.0 Å². The van der Waals surface area contributed by atoms with Gasteiger partial charge in [0.1, 0.15) is 6.61 Å². The van der Waals surface area contributed by atoms with E-state index in [0.717, 1.165) is 25.3 Å². The van der Waals surface area contributed by atoms with E-state index in [1.807, 2.05) is 0 Å². The van der Waals surface area contributed by atoms with E-state index < -0.39 is 0 Å². The van der Waals surface area contributed by atoms with Gasteiger partial charge in [-0.2, -0.15) is 0 Å². The molecule has 2 fully saturated rings. The fourth-order valence-electron chi connectivity index (χ4n) is 3.83. The molecule has 2 aliphatic carbocycles. The Morgan fingerprint density at radius 3 is 2.50 bits per heavy atom. The number of carbonyl (C=O) groups excluding carboxylic acids is 1. The van der Waals surface area contributed by atoms with Gasteiger partial charge in [0.05, 0.1) is 6.10 Å². The first-order valence-corrected chi connectivity index (χ1v) is 8.61. The zero-order valence-corrected chi connectivity index (χ0v) is 13.3. The smallest absolute Gasteiger partial charge is 0.248 e. The van der Waals surface area contributed by atoms with E-state index in [2.05, 4.69) is 18.7 Å². The Bertz CT molecular complexity index is 299. The summed E-state index contributed by atoms with van der Waals surface area (Å²) in [5.74, 6) is 0.960. The monoisotopic (exact) mass is 281 g/mol. The van der Waals surface area contributed by atoms with Gasteiger partial charge in [-0.15, -0.1) is 0 Å². The molecular formula is C17H31NO2. The van der Waals surface area contributed by atoms with E-state index in [9.17, 15) is 4.79 Å². The zero-order valence-electron chi connectivity index (χ0n) is 13.3. The number of carbonyl (C=O) groups is 1. The van der Waals surface area contributed by atoms with Crippen LogP contribution in [-0.2, 0) is 9.53 Å². The number of hydrogen-bond acceptors (Lipinski definition) is 2. The van der Waals surface area contributed by atoms with Crippen molar-refractivity contribution < 1.29 is 9.53 Å². The lowest BCUT2D eigenvalue weighted by Crippen LogP contribution is -2.43. The molecule has 20 heavy (non-hydrogen) atoms. The van der Waals surface area contributed by atoms with Crippen molar-refractivity contribution in [3.63, 3.8) is 0 Å². The molecule has 0 N–H and O–H groups in total. The molecule has 0 aromatic carbocycles. The van der Waals surface area contributed by atoms with Crippen molar-refractivity contribution >= 4 is 5.91 Å². The van der Waals surface area contributed by atoms with E-state index in [1.165, 1.54) is 44.9 Å². The van der Waals surface area contributed by atoms with Crippen LogP contribution in [0.4, 0.5) is 0 Å². The number of ether oxygens (including phenoxy) is 1. The number of likely N-dealkylation sites (N-methyl/N-ethyl adjacent to an activating group) is 1. The molecule has 2 unspecified atom stereocenters. The molecule has 2 saturated carbocycles. The van der Waals surface area contributed by atoms with Crippen molar-refractivity contribution in [1.82, 2.24) is 4.90 Å². The van der Waals surface area contributed by atoms with Crippen molar-refractivity contribution in [3.8, 4) is 0 Å². The predicted molar refractivity (Wildman–Crippen MR) is 81.6 cm³/mol. The van der Waals surface area contributed by atoms with Gasteiger partial charge in [-0.05, 0) is 38.5 Å². The molecule has 0 heterocycles. The highest BCUT2D eigenvalue weighted by Gasteiger charge is 2.26. The number of nitrogens with zero attached hydrogens (tertiary/aromatic N) is 1. The summed E-state index contributed by atoms with van der Waals surface area (Å²) in [5, 5.41) is 0. The van der Waals surface area contributed by atoms with Gasteiger partial charge < -0.3 is 9.64 Å². The molecule has 2 aliphatic rings. The highest BCUT2D eigenvalue weighted by atomic mass is 16.5. The van der Waals surface area contributed by atoms with Crippen molar-refractivity contribution in [3.05, 3.63) is 0 Å². The lowest BCUT2D eigenvalue weighted by atomic mass is 9.89. The van der Waals surface area contributed by atoms with Gasteiger partial charge in [0.25, 0.3) is 0 Å². The van der Waals surface area contributed by atoms with E-state index >= 15 is 0 Å². The number of amides is 1. The van der Waals surface area contributed by atoms with Crippen LogP contribution in [0.3, 0.4) is 0 Å². The Hall–Kier alpha value is -0.570. The maximum absolute atomic E-state index is 12.4. The SMILES string of the molecule is CCN(C(=O)COC1CCCC(C)C1)C1CCCCC1. The van der Waals surface area contributed by atoms with Gasteiger partial charge in [0, 0.05) is 12.6 Å². The first-order chi connectivity index (χ1) is 9.70. The second-order valence-corrected chi connectivity index (χ2v) is 6.68. The number of rotatable bonds is 5. The van der Waals surface area contributed by atoms with Crippen molar-refractivity contribution in [2.45, 2.75) is 83.8 Å². The molecule has 0 aliphatic heterocycles. The predicted octanol–water partition coefficient (Wildman–Crippen LogP) is 3.76. The second kappa shape index (κ2) is 8.02. The fraction of sp³-hybridized carbons (Fsp3) is 0.941. The fourth-order valence-corrected chi connectivity index (χ4v) is 3.83. The summed E-state index contributed by atoms with van der Waals surface area (Å²) in [6.07, 6.45) is 11.4. The molecule has 1 amide bonds. The summed E-state index contributed by atoms with van der Waals surface area (Å²) in [6.45, 7) is 5.50. The molecular weight excluding hydrogens is 250 g/mol. The molecule has 0 radical (unpaired) electrons. The largest absolute Gasteiger partial charge is 0.368 e. The van der Waals surface area contributed by atoms with E-state index in [-0.39, 0.29) is 5.91 Å². The van der Waals surface area contributed by atoms with E-state index in [1.54, 1.807) is 0 Å². The molecule has 116 valence electrons. The van der Waals surface area contributed by atoms with Crippen molar-refractivity contribution in [1.29, 1.82) is 0 Å². The topological polar surface area (TPSA) is 29.5 Å². The van der Waals surface area contributed by atoms with Crippen LogP contribution in [0.2, 0.25) is 0 Å². The third-order valence-corrected chi connectivity index (χ3v) is 5.01. The van der Waals surface area contributed by atoms with E-state index in [4.69, 9.17) is 4.74 Å². The Morgan fingerprint density at radius 2 is 1.85 bits per heavy atom. The molecule has 0 aromatic heterocycles. The average molecular weight is 281 g/mol. The lowest BCUT2D eigenvalue weighted by Gasteiger charge is -2.34. The lowest BCUT2D eigenvalue weighted by molar-refractivity contribution is -0.142. The molecule has 2 atom stereocenters. The quantitative estimate of drug-likeness (QED) is 0.768. The Morgan fingerprint density at radius 1 is 1.10 bits per heavy atom. The average Bonchev–Trinajstić information content (AvgIpc) is 2.47.